The normalized spacial score (nSPS) is 17.6. The summed E-state index contributed by atoms with van der Waals surface area (Å²) in [6.07, 6.45) is 0. The van der Waals surface area contributed by atoms with Crippen molar-refractivity contribution < 1.29 is 24.2 Å². The van der Waals surface area contributed by atoms with Crippen LogP contribution in [0.3, 0.4) is 0 Å². The van der Waals surface area contributed by atoms with Gasteiger partial charge >= 0.3 is 0 Å². The minimum atomic E-state index is -0.743. The molecule has 2 heterocycles. The van der Waals surface area contributed by atoms with Gasteiger partial charge in [0.1, 0.15) is 23.3 Å². The molecule has 3 aromatic rings. The Kier molecular flexibility index (Phi) is 6.72. The molecular weight excluding hydrogens is 462 g/mol. The van der Waals surface area contributed by atoms with E-state index in [2.05, 4.69) is 20.8 Å². The summed E-state index contributed by atoms with van der Waals surface area (Å²) < 4.78 is 11.0. The van der Waals surface area contributed by atoms with Gasteiger partial charge in [-0.25, -0.2) is 0 Å². The SMILES string of the molecule is CCOc1ccc(/C(O)=C2/C(=O)C(=O)N(c3ccc(OC)cc3)C2c2cccs2)cc1C(C)(C)C. The fourth-order valence-electron chi connectivity index (χ4n) is 4.26. The number of aliphatic hydroxyl groups excluding tert-OH is 1. The number of hydrogen-bond donors (Lipinski definition) is 1. The average Bonchev–Trinajstić information content (AvgIpc) is 3.45. The van der Waals surface area contributed by atoms with Crippen LogP contribution in [0.1, 0.15) is 49.7 Å². The molecule has 0 spiro atoms. The van der Waals surface area contributed by atoms with Gasteiger partial charge in [-0.15, -0.1) is 11.3 Å². The topological polar surface area (TPSA) is 76.1 Å². The Bertz CT molecular complexity index is 1270. The number of nitrogens with zero attached hydrogens (tertiary/aromatic N) is 1. The molecule has 1 aromatic heterocycles. The van der Waals surface area contributed by atoms with Crippen molar-refractivity contribution in [3.8, 4) is 11.5 Å². The Morgan fingerprint density at radius 1 is 1.09 bits per heavy atom. The van der Waals surface area contributed by atoms with Crippen molar-refractivity contribution in [3.05, 3.63) is 81.6 Å². The van der Waals surface area contributed by atoms with Gasteiger partial charge in [0.15, 0.2) is 0 Å². The molecule has 1 aliphatic heterocycles. The monoisotopic (exact) mass is 491 g/mol. The molecule has 35 heavy (non-hydrogen) atoms. The molecule has 0 radical (unpaired) electrons. The van der Waals surface area contributed by atoms with Gasteiger partial charge in [-0.05, 0) is 66.2 Å². The third-order valence-electron chi connectivity index (χ3n) is 5.97. The van der Waals surface area contributed by atoms with Crippen molar-refractivity contribution in [2.45, 2.75) is 39.2 Å². The standard InChI is InChI=1S/C28H29NO5S/c1-6-34-21-14-9-17(16-20(21)28(2,3)4)25(30)23-24(22-8-7-15-35-22)29(27(32)26(23)31)18-10-12-19(33-5)13-11-18/h7-16,24,30H,6H2,1-5H3/b25-23-. The van der Waals surface area contributed by atoms with E-state index in [0.717, 1.165) is 16.2 Å². The molecule has 1 amide bonds. The van der Waals surface area contributed by atoms with Gasteiger partial charge in [0.05, 0.1) is 19.3 Å². The molecule has 1 saturated heterocycles. The summed E-state index contributed by atoms with van der Waals surface area (Å²) in [5, 5.41) is 13.3. The highest BCUT2D eigenvalue weighted by Gasteiger charge is 2.47. The lowest BCUT2D eigenvalue weighted by Gasteiger charge is -2.25. The van der Waals surface area contributed by atoms with E-state index in [0.29, 0.717) is 23.6 Å². The number of ether oxygens (including phenoxy) is 2. The van der Waals surface area contributed by atoms with E-state index in [1.54, 1.807) is 43.5 Å². The molecule has 6 nitrogen and oxygen atoms in total. The number of anilines is 1. The predicted molar refractivity (Wildman–Crippen MR) is 138 cm³/mol. The Labute approximate surface area is 209 Å². The lowest BCUT2D eigenvalue weighted by Crippen LogP contribution is -2.29. The van der Waals surface area contributed by atoms with Crippen molar-refractivity contribution in [1.82, 2.24) is 0 Å². The van der Waals surface area contributed by atoms with Gasteiger partial charge in [-0.3, -0.25) is 14.5 Å². The van der Waals surface area contributed by atoms with Gasteiger partial charge in [0.25, 0.3) is 11.7 Å². The van der Waals surface area contributed by atoms with E-state index in [1.807, 2.05) is 30.5 Å². The first kappa shape index (κ1) is 24.5. The molecule has 0 bridgehead atoms. The first-order chi connectivity index (χ1) is 16.7. The molecule has 7 heteroatoms. The Morgan fingerprint density at radius 2 is 1.80 bits per heavy atom. The number of amides is 1. The molecule has 0 aliphatic carbocycles. The largest absolute Gasteiger partial charge is 0.507 e. The minimum Gasteiger partial charge on any atom is -0.507 e. The van der Waals surface area contributed by atoms with Gasteiger partial charge in [-0.2, -0.15) is 0 Å². The Balaban J connectivity index is 1.89. The van der Waals surface area contributed by atoms with E-state index < -0.39 is 17.7 Å². The Morgan fingerprint density at radius 3 is 2.37 bits per heavy atom. The van der Waals surface area contributed by atoms with Crippen LogP contribution in [0.5, 0.6) is 11.5 Å². The molecule has 2 aromatic carbocycles. The second-order valence-electron chi connectivity index (χ2n) is 9.28. The number of ketones is 1. The van der Waals surface area contributed by atoms with Crippen molar-refractivity contribution >= 4 is 34.5 Å². The minimum absolute atomic E-state index is 0.0669. The maximum absolute atomic E-state index is 13.3. The quantitative estimate of drug-likeness (QED) is 0.257. The maximum atomic E-state index is 13.3. The summed E-state index contributed by atoms with van der Waals surface area (Å²) in [5.41, 5.74) is 1.72. The number of Topliss-reactive ketones (excluding diaryl/α,β-unsaturated/α-hetero) is 1. The Hall–Kier alpha value is -3.58. The summed E-state index contributed by atoms with van der Waals surface area (Å²) >= 11 is 1.43. The van der Waals surface area contributed by atoms with Crippen LogP contribution in [0.15, 0.2) is 65.6 Å². The molecule has 4 rings (SSSR count). The number of thiophene rings is 1. The highest BCUT2D eigenvalue weighted by atomic mass is 32.1. The highest BCUT2D eigenvalue weighted by molar-refractivity contribution is 7.10. The van der Waals surface area contributed by atoms with E-state index in [1.165, 1.54) is 16.2 Å². The number of carbonyl (C=O) groups excluding carboxylic acids is 2. The van der Waals surface area contributed by atoms with Crippen LogP contribution in [0.25, 0.3) is 5.76 Å². The van der Waals surface area contributed by atoms with Crippen molar-refractivity contribution in [2.75, 3.05) is 18.6 Å². The summed E-state index contributed by atoms with van der Waals surface area (Å²) in [6.45, 7) is 8.61. The molecule has 1 fully saturated rings. The van der Waals surface area contributed by atoms with Crippen LogP contribution < -0.4 is 14.4 Å². The molecule has 182 valence electrons. The molecular formula is C28H29NO5S. The first-order valence-electron chi connectivity index (χ1n) is 11.4. The van der Waals surface area contributed by atoms with Crippen LogP contribution in [-0.2, 0) is 15.0 Å². The molecule has 1 unspecified atom stereocenters. The molecule has 0 saturated carbocycles. The van der Waals surface area contributed by atoms with Crippen LogP contribution in [0.4, 0.5) is 5.69 Å². The summed E-state index contributed by atoms with van der Waals surface area (Å²) in [5.74, 6) is -0.238. The van der Waals surface area contributed by atoms with Crippen LogP contribution in [0.2, 0.25) is 0 Å². The number of hydrogen-bond acceptors (Lipinski definition) is 6. The third-order valence-corrected chi connectivity index (χ3v) is 6.89. The van der Waals surface area contributed by atoms with Crippen LogP contribution in [-0.4, -0.2) is 30.5 Å². The van der Waals surface area contributed by atoms with Gasteiger partial charge < -0.3 is 14.6 Å². The molecule has 1 atom stereocenters. The van der Waals surface area contributed by atoms with E-state index >= 15 is 0 Å². The third kappa shape index (κ3) is 4.56. The second-order valence-corrected chi connectivity index (χ2v) is 10.3. The summed E-state index contributed by atoms with van der Waals surface area (Å²) in [6, 6.07) is 15.3. The number of carbonyl (C=O) groups is 2. The van der Waals surface area contributed by atoms with Crippen molar-refractivity contribution in [1.29, 1.82) is 0 Å². The fourth-order valence-corrected chi connectivity index (χ4v) is 5.08. The first-order valence-corrected chi connectivity index (χ1v) is 12.3. The number of rotatable bonds is 6. The van der Waals surface area contributed by atoms with Crippen LogP contribution >= 0.6 is 11.3 Å². The lowest BCUT2D eigenvalue weighted by molar-refractivity contribution is -0.132. The highest BCUT2D eigenvalue weighted by Crippen LogP contribution is 2.44. The van der Waals surface area contributed by atoms with Gasteiger partial charge in [0.2, 0.25) is 0 Å². The zero-order valence-electron chi connectivity index (χ0n) is 20.5. The maximum Gasteiger partial charge on any atom is 0.300 e. The van der Waals surface area contributed by atoms with Gasteiger partial charge in [-0.1, -0.05) is 26.8 Å². The lowest BCUT2D eigenvalue weighted by atomic mass is 9.84. The molecule has 1 N–H and O–H groups in total. The van der Waals surface area contributed by atoms with E-state index in [9.17, 15) is 14.7 Å². The fraction of sp³-hybridized carbons (Fsp3) is 0.286. The zero-order valence-corrected chi connectivity index (χ0v) is 21.3. The summed E-state index contributed by atoms with van der Waals surface area (Å²) in [4.78, 5) is 28.8. The van der Waals surface area contributed by atoms with E-state index in [4.69, 9.17) is 9.47 Å². The number of benzene rings is 2. The van der Waals surface area contributed by atoms with E-state index in [-0.39, 0.29) is 16.7 Å². The predicted octanol–water partition coefficient (Wildman–Crippen LogP) is 6.08. The van der Waals surface area contributed by atoms with Crippen LogP contribution in [0, 0.1) is 0 Å². The van der Waals surface area contributed by atoms with Gasteiger partial charge in [0, 0.05) is 21.7 Å². The van der Waals surface area contributed by atoms with Crippen molar-refractivity contribution in [2.24, 2.45) is 0 Å². The number of aliphatic hydroxyl groups is 1. The zero-order chi connectivity index (χ0) is 25.3. The summed E-state index contributed by atoms with van der Waals surface area (Å²) in [7, 11) is 1.57. The second kappa shape index (κ2) is 9.58. The number of methoxy groups -OCH3 is 1. The smallest absolute Gasteiger partial charge is 0.300 e. The van der Waals surface area contributed by atoms with Crippen molar-refractivity contribution in [3.63, 3.8) is 0 Å². The molecule has 1 aliphatic rings. The average molecular weight is 492 g/mol.